The van der Waals surface area contributed by atoms with Crippen molar-refractivity contribution in [3.05, 3.63) is 0 Å². The summed E-state index contributed by atoms with van der Waals surface area (Å²) in [6.45, 7) is 4.09. The first-order valence-electron chi connectivity index (χ1n) is 7.15. The summed E-state index contributed by atoms with van der Waals surface area (Å²) in [5.41, 5.74) is -6.64. The van der Waals surface area contributed by atoms with Crippen LogP contribution >= 0.6 is 0 Å². The predicted molar refractivity (Wildman–Crippen MR) is 68.0 cm³/mol. The zero-order chi connectivity index (χ0) is 17.8. The van der Waals surface area contributed by atoms with Crippen molar-refractivity contribution in [3.63, 3.8) is 0 Å². The van der Waals surface area contributed by atoms with E-state index in [9.17, 15) is 35.1 Å². The summed E-state index contributed by atoms with van der Waals surface area (Å²) in [6.07, 6.45) is -12.9. The monoisotopic (exact) mass is 342 g/mol. The number of rotatable bonds is 8. The van der Waals surface area contributed by atoms with Crippen LogP contribution in [0.3, 0.4) is 0 Å². The van der Waals surface area contributed by atoms with Crippen molar-refractivity contribution in [2.24, 2.45) is 5.92 Å². The van der Waals surface area contributed by atoms with Crippen molar-refractivity contribution >= 4 is 0 Å². The number of alkyl halides is 8. The Balaban J connectivity index is 4.75. The van der Waals surface area contributed by atoms with Crippen molar-refractivity contribution < 1.29 is 35.1 Å². The van der Waals surface area contributed by atoms with E-state index in [-0.39, 0.29) is 25.7 Å². The maximum absolute atomic E-state index is 13.6. The van der Waals surface area contributed by atoms with Gasteiger partial charge in [-0.2, -0.15) is 26.3 Å². The molecule has 0 aromatic carbocycles. The third-order valence-electron chi connectivity index (χ3n) is 3.68. The Hall–Kier alpha value is -0.560. The molecule has 0 rings (SSSR count). The minimum Gasteiger partial charge on any atom is -0.245 e. The fraction of sp³-hybridized carbons (Fsp3) is 1.00. The lowest BCUT2D eigenvalue weighted by Gasteiger charge is -2.32. The second kappa shape index (κ2) is 7.34. The maximum atomic E-state index is 13.6. The fourth-order valence-electron chi connectivity index (χ4n) is 2.22. The van der Waals surface area contributed by atoms with Gasteiger partial charge in [0, 0.05) is 6.42 Å². The first-order valence-corrected chi connectivity index (χ1v) is 7.15. The molecule has 0 aliphatic carbocycles. The number of unbranched alkanes of at least 4 members (excludes halogenated alkanes) is 1. The van der Waals surface area contributed by atoms with Crippen molar-refractivity contribution in [3.8, 4) is 0 Å². The molecule has 0 saturated carbocycles. The van der Waals surface area contributed by atoms with E-state index >= 15 is 0 Å². The van der Waals surface area contributed by atoms with Gasteiger partial charge in [-0.15, -0.1) is 0 Å². The molecule has 0 bridgehead atoms. The lowest BCUT2D eigenvalue weighted by Crippen LogP contribution is -2.54. The Kier molecular flexibility index (Phi) is 7.15. The molecule has 0 spiro atoms. The lowest BCUT2D eigenvalue weighted by molar-refractivity contribution is -0.346. The van der Waals surface area contributed by atoms with Crippen LogP contribution in [0.15, 0.2) is 0 Å². The van der Waals surface area contributed by atoms with Crippen LogP contribution in [0.4, 0.5) is 35.1 Å². The van der Waals surface area contributed by atoms with Crippen LogP contribution in [-0.2, 0) is 0 Å². The van der Waals surface area contributed by atoms with Crippen LogP contribution in [0.5, 0.6) is 0 Å². The summed E-state index contributed by atoms with van der Waals surface area (Å²) in [4.78, 5) is 0. The van der Waals surface area contributed by atoms with Crippen LogP contribution < -0.4 is 0 Å². The van der Waals surface area contributed by atoms with E-state index in [1.807, 2.05) is 0 Å². The van der Waals surface area contributed by atoms with E-state index in [1.54, 1.807) is 0 Å². The Bertz CT molecular complexity index is 309. The highest BCUT2D eigenvalue weighted by molar-refractivity contribution is 4.95. The third kappa shape index (κ3) is 6.28. The largest absolute Gasteiger partial charge is 0.431 e. The number of hydrogen-bond donors (Lipinski definition) is 0. The number of hydrogen-bond acceptors (Lipinski definition) is 0. The average molecular weight is 342 g/mol. The Morgan fingerprint density at radius 2 is 1.23 bits per heavy atom. The van der Waals surface area contributed by atoms with Crippen LogP contribution in [0.25, 0.3) is 0 Å². The molecule has 0 heterocycles. The van der Waals surface area contributed by atoms with E-state index in [4.69, 9.17) is 0 Å². The molecular weight excluding hydrogens is 320 g/mol. The van der Waals surface area contributed by atoms with Gasteiger partial charge in [0.25, 0.3) is 5.67 Å². The van der Waals surface area contributed by atoms with Crippen molar-refractivity contribution in [1.29, 1.82) is 0 Å². The predicted octanol–water partition coefficient (Wildman–Crippen LogP) is 6.54. The van der Waals surface area contributed by atoms with Gasteiger partial charge in [-0.1, -0.05) is 32.6 Å². The summed E-state index contributed by atoms with van der Waals surface area (Å²) in [5.74, 6) is -1.06. The molecule has 0 N–H and O–H groups in total. The summed E-state index contributed by atoms with van der Waals surface area (Å²) in [7, 11) is 0. The molecular formula is C14H22F8. The zero-order valence-electron chi connectivity index (χ0n) is 12.8. The minimum absolute atomic E-state index is 0.00313. The van der Waals surface area contributed by atoms with E-state index in [0.29, 0.717) is 6.42 Å². The van der Waals surface area contributed by atoms with Gasteiger partial charge < -0.3 is 0 Å². The summed E-state index contributed by atoms with van der Waals surface area (Å²) < 4.78 is 102. The molecule has 1 atom stereocenters. The second-order valence-corrected chi connectivity index (χ2v) is 6.24. The van der Waals surface area contributed by atoms with Gasteiger partial charge in [-0.3, -0.25) is 0 Å². The van der Waals surface area contributed by atoms with Crippen LogP contribution in [0.1, 0.15) is 59.3 Å². The molecule has 8 heteroatoms. The molecule has 0 fully saturated rings. The standard InChI is InChI=1S/C14H22F8/c1-4-10(7-5-6-8-11(2,3)15)9-12(16,13(17,18)19)14(20,21)22/h10H,4-9H2,1-3H3. The first kappa shape index (κ1) is 21.4. The highest BCUT2D eigenvalue weighted by Crippen LogP contribution is 2.50. The average Bonchev–Trinajstić information content (AvgIpc) is 2.28. The summed E-state index contributed by atoms with van der Waals surface area (Å²) >= 11 is 0. The van der Waals surface area contributed by atoms with Gasteiger partial charge in [0.05, 0.1) is 0 Å². The SMILES string of the molecule is CCC(CCCCC(C)(C)F)CC(F)(C(F)(F)F)C(F)(F)F. The van der Waals surface area contributed by atoms with Gasteiger partial charge in [0.2, 0.25) is 0 Å². The van der Waals surface area contributed by atoms with E-state index in [0.717, 1.165) is 0 Å². The van der Waals surface area contributed by atoms with Crippen LogP contribution in [0.2, 0.25) is 0 Å². The Labute approximate surface area is 125 Å². The molecule has 0 radical (unpaired) electrons. The molecule has 0 aromatic rings. The first-order chi connectivity index (χ1) is 9.64. The highest BCUT2D eigenvalue weighted by atomic mass is 19.4. The quantitative estimate of drug-likeness (QED) is 0.347. The lowest BCUT2D eigenvalue weighted by atomic mass is 9.85. The normalized spacial score (nSPS) is 16.0. The van der Waals surface area contributed by atoms with Crippen molar-refractivity contribution in [2.75, 3.05) is 0 Å². The molecule has 134 valence electrons. The van der Waals surface area contributed by atoms with Gasteiger partial charge in [-0.05, 0) is 26.2 Å². The van der Waals surface area contributed by atoms with E-state index in [2.05, 4.69) is 0 Å². The van der Waals surface area contributed by atoms with Gasteiger partial charge in [0.1, 0.15) is 5.67 Å². The highest BCUT2D eigenvalue weighted by Gasteiger charge is 2.72. The molecule has 0 amide bonds. The van der Waals surface area contributed by atoms with Crippen LogP contribution in [0, 0.1) is 5.92 Å². The molecule has 0 aliphatic rings. The van der Waals surface area contributed by atoms with Crippen molar-refractivity contribution in [2.45, 2.75) is 83.0 Å². The van der Waals surface area contributed by atoms with E-state index < -0.39 is 36.0 Å². The zero-order valence-corrected chi connectivity index (χ0v) is 12.8. The smallest absolute Gasteiger partial charge is 0.245 e. The van der Waals surface area contributed by atoms with E-state index in [1.165, 1.54) is 20.8 Å². The third-order valence-corrected chi connectivity index (χ3v) is 3.68. The van der Waals surface area contributed by atoms with Gasteiger partial charge >= 0.3 is 12.4 Å². The number of halogens is 8. The van der Waals surface area contributed by atoms with Gasteiger partial charge in [0.15, 0.2) is 0 Å². The maximum Gasteiger partial charge on any atom is 0.431 e. The molecule has 0 aliphatic heterocycles. The molecule has 0 aromatic heterocycles. The fourth-order valence-corrected chi connectivity index (χ4v) is 2.22. The topological polar surface area (TPSA) is 0 Å². The molecule has 1 unspecified atom stereocenters. The Morgan fingerprint density at radius 3 is 1.55 bits per heavy atom. The second-order valence-electron chi connectivity index (χ2n) is 6.24. The van der Waals surface area contributed by atoms with Crippen LogP contribution in [-0.4, -0.2) is 23.7 Å². The molecule has 22 heavy (non-hydrogen) atoms. The minimum atomic E-state index is -6.00. The summed E-state index contributed by atoms with van der Waals surface area (Å²) in [6, 6.07) is 0. The summed E-state index contributed by atoms with van der Waals surface area (Å²) in [5, 5.41) is 0. The molecule has 0 saturated heterocycles. The molecule has 0 nitrogen and oxygen atoms in total. The van der Waals surface area contributed by atoms with Gasteiger partial charge in [-0.25, -0.2) is 8.78 Å². The Morgan fingerprint density at radius 1 is 0.773 bits per heavy atom. The van der Waals surface area contributed by atoms with Crippen molar-refractivity contribution in [1.82, 2.24) is 0 Å².